The molecular formula is C12H13ClN2. The fourth-order valence-corrected chi connectivity index (χ4v) is 2.09. The van der Waals surface area contributed by atoms with E-state index in [0.29, 0.717) is 6.54 Å². The van der Waals surface area contributed by atoms with Gasteiger partial charge in [0.25, 0.3) is 0 Å². The average Bonchev–Trinajstić information content (AvgIpc) is 2.23. The first kappa shape index (κ1) is 10.4. The molecule has 0 saturated heterocycles. The molecule has 0 bridgehead atoms. The lowest BCUT2D eigenvalue weighted by atomic mass is 10.1. The minimum atomic E-state index is 0.461. The van der Waals surface area contributed by atoms with Gasteiger partial charge in [-0.05, 0) is 37.1 Å². The highest BCUT2D eigenvalue weighted by Gasteiger charge is 2.07. The first-order valence-electron chi connectivity index (χ1n) is 4.89. The van der Waals surface area contributed by atoms with E-state index in [1.54, 1.807) is 0 Å². The SMILES string of the molecule is Cc1ccc(Cl)c2c(C)cc(CN)nc12. The summed E-state index contributed by atoms with van der Waals surface area (Å²) in [6, 6.07) is 5.89. The molecule has 1 aromatic heterocycles. The van der Waals surface area contributed by atoms with Gasteiger partial charge in [0.2, 0.25) is 0 Å². The molecule has 1 aromatic carbocycles. The minimum Gasteiger partial charge on any atom is -0.325 e. The molecule has 0 aliphatic carbocycles. The molecule has 0 aliphatic rings. The van der Waals surface area contributed by atoms with Gasteiger partial charge in [0.1, 0.15) is 0 Å². The number of aromatic nitrogens is 1. The van der Waals surface area contributed by atoms with E-state index in [4.69, 9.17) is 17.3 Å². The van der Waals surface area contributed by atoms with Crippen molar-refractivity contribution >= 4 is 22.5 Å². The zero-order chi connectivity index (χ0) is 11.0. The topological polar surface area (TPSA) is 38.9 Å². The molecule has 0 aliphatic heterocycles. The van der Waals surface area contributed by atoms with E-state index in [1.165, 1.54) is 0 Å². The van der Waals surface area contributed by atoms with E-state index in [0.717, 1.165) is 32.7 Å². The van der Waals surface area contributed by atoms with E-state index in [9.17, 15) is 0 Å². The van der Waals surface area contributed by atoms with Crippen molar-refractivity contribution in [3.63, 3.8) is 0 Å². The Kier molecular flexibility index (Phi) is 2.63. The number of hydrogen-bond acceptors (Lipinski definition) is 2. The molecule has 0 radical (unpaired) electrons. The highest BCUT2D eigenvalue weighted by Crippen LogP contribution is 2.28. The fourth-order valence-electron chi connectivity index (χ4n) is 1.79. The predicted octanol–water partition coefficient (Wildman–Crippen LogP) is 2.96. The number of nitrogens with two attached hydrogens (primary N) is 1. The fraction of sp³-hybridized carbons (Fsp3) is 0.250. The molecule has 2 N–H and O–H groups in total. The van der Waals surface area contributed by atoms with Gasteiger partial charge in [0.05, 0.1) is 16.2 Å². The van der Waals surface area contributed by atoms with Gasteiger partial charge in [-0.2, -0.15) is 0 Å². The largest absolute Gasteiger partial charge is 0.325 e. The lowest BCUT2D eigenvalue weighted by Crippen LogP contribution is -2.01. The lowest BCUT2D eigenvalue weighted by Gasteiger charge is -2.08. The van der Waals surface area contributed by atoms with E-state index in [2.05, 4.69) is 4.98 Å². The summed E-state index contributed by atoms with van der Waals surface area (Å²) in [6.45, 7) is 4.53. The Morgan fingerprint density at radius 3 is 2.67 bits per heavy atom. The van der Waals surface area contributed by atoms with Crippen LogP contribution in [0.5, 0.6) is 0 Å². The number of aryl methyl sites for hydroxylation is 2. The van der Waals surface area contributed by atoms with Crippen LogP contribution >= 0.6 is 11.6 Å². The van der Waals surface area contributed by atoms with Crippen molar-refractivity contribution < 1.29 is 0 Å². The number of fused-ring (bicyclic) bond motifs is 1. The summed E-state index contributed by atoms with van der Waals surface area (Å²) in [5.41, 5.74) is 9.74. The predicted molar refractivity (Wildman–Crippen MR) is 64.1 cm³/mol. The smallest absolute Gasteiger partial charge is 0.0752 e. The van der Waals surface area contributed by atoms with E-state index >= 15 is 0 Å². The highest BCUT2D eigenvalue weighted by molar-refractivity contribution is 6.35. The monoisotopic (exact) mass is 220 g/mol. The van der Waals surface area contributed by atoms with Crippen molar-refractivity contribution in [2.45, 2.75) is 20.4 Å². The molecule has 2 nitrogen and oxygen atoms in total. The van der Waals surface area contributed by atoms with Gasteiger partial charge in [-0.1, -0.05) is 17.7 Å². The van der Waals surface area contributed by atoms with Gasteiger partial charge in [-0.3, -0.25) is 4.98 Å². The van der Waals surface area contributed by atoms with Crippen LogP contribution in [-0.2, 0) is 6.54 Å². The third kappa shape index (κ3) is 1.71. The third-order valence-corrected chi connectivity index (χ3v) is 2.89. The quantitative estimate of drug-likeness (QED) is 0.803. The second-order valence-corrected chi connectivity index (χ2v) is 4.13. The van der Waals surface area contributed by atoms with Crippen LogP contribution in [0.15, 0.2) is 18.2 Å². The molecule has 0 fully saturated rings. The summed E-state index contributed by atoms with van der Waals surface area (Å²) in [7, 11) is 0. The molecule has 0 saturated carbocycles. The third-order valence-electron chi connectivity index (χ3n) is 2.57. The van der Waals surface area contributed by atoms with Crippen LogP contribution < -0.4 is 5.73 Å². The summed E-state index contributed by atoms with van der Waals surface area (Å²) >= 11 is 6.16. The van der Waals surface area contributed by atoms with E-state index < -0.39 is 0 Å². The number of benzene rings is 1. The van der Waals surface area contributed by atoms with Gasteiger partial charge in [-0.15, -0.1) is 0 Å². The number of nitrogens with zero attached hydrogens (tertiary/aromatic N) is 1. The maximum atomic E-state index is 6.16. The Labute approximate surface area is 94.1 Å². The van der Waals surface area contributed by atoms with Crippen molar-refractivity contribution in [3.05, 3.63) is 40.0 Å². The highest BCUT2D eigenvalue weighted by atomic mass is 35.5. The van der Waals surface area contributed by atoms with E-state index in [-0.39, 0.29) is 0 Å². The molecule has 1 heterocycles. The van der Waals surface area contributed by atoms with Crippen LogP contribution in [0, 0.1) is 13.8 Å². The molecule has 0 atom stereocenters. The molecule has 2 rings (SSSR count). The molecule has 0 unspecified atom stereocenters. The van der Waals surface area contributed by atoms with Gasteiger partial charge >= 0.3 is 0 Å². The van der Waals surface area contributed by atoms with Crippen molar-refractivity contribution in [1.82, 2.24) is 4.98 Å². The zero-order valence-electron chi connectivity index (χ0n) is 8.84. The number of hydrogen-bond donors (Lipinski definition) is 1. The van der Waals surface area contributed by atoms with Crippen LogP contribution in [0.4, 0.5) is 0 Å². The van der Waals surface area contributed by atoms with Gasteiger partial charge < -0.3 is 5.73 Å². The summed E-state index contributed by atoms with van der Waals surface area (Å²) in [4.78, 5) is 4.51. The van der Waals surface area contributed by atoms with Gasteiger partial charge in [0.15, 0.2) is 0 Å². The Balaban J connectivity index is 2.90. The Morgan fingerprint density at radius 2 is 2.00 bits per heavy atom. The first-order valence-corrected chi connectivity index (χ1v) is 5.26. The van der Waals surface area contributed by atoms with Crippen molar-refractivity contribution in [3.8, 4) is 0 Å². The normalized spacial score (nSPS) is 10.9. The van der Waals surface area contributed by atoms with Crippen molar-refractivity contribution in [2.24, 2.45) is 5.73 Å². The Morgan fingerprint density at radius 1 is 1.27 bits per heavy atom. The summed E-state index contributed by atoms with van der Waals surface area (Å²) in [6.07, 6.45) is 0. The molecule has 2 aromatic rings. The van der Waals surface area contributed by atoms with Crippen LogP contribution in [0.25, 0.3) is 10.9 Å². The number of halogens is 1. The molecule has 78 valence electrons. The summed E-state index contributed by atoms with van der Waals surface area (Å²) in [5, 5.41) is 1.79. The molecule has 15 heavy (non-hydrogen) atoms. The van der Waals surface area contributed by atoms with Gasteiger partial charge in [0, 0.05) is 11.9 Å². The van der Waals surface area contributed by atoms with Crippen LogP contribution in [0.3, 0.4) is 0 Å². The first-order chi connectivity index (χ1) is 7.13. The number of pyridine rings is 1. The van der Waals surface area contributed by atoms with Gasteiger partial charge in [-0.25, -0.2) is 0 Å². The van der Waals surface area contributed by atoms with Crippen LogP contribution in [-0.4, -0.2) is 4.98 Å². The maximum Gasteiger partial charge on any atom is 0.0752 e. The molecule has 0 spiro atoms. The zero-order valence-corrected chi connectivity index (χ0v) is 9.60. The number of rotatable bonds is 1. The average molecular weight is 221 g/mol. The minimum absolute atomic E-state index is 0.461. The maximum absolute atomic E-state index is 6.16. The lowest BCUT2D eigenvalue weighted by molar-refractivity contribution is 1.00. The molecule has 0 amide bonds. The summed E-state index contributed by atoms with van der Waals surface area (Å²) in [5.74, 6) is 0. The van der Waals surface area contributed by atoms with Crippen molar-refractivity contribution in [2.75, 3.05) is 0 Å². The van der Waals surface area contributed by atoms with Crippen molar-refractivity contribution in [1.29, 1.82) is 0 Å². The molecule has 3 heteroatoms. The van der Waals surface area contributed by atoms with E-state index in [1.807, 2.05) is 32.0 Å². The van der Waals surface area contributed by atoms with Crippen LogP contribution in [0.2, 0.25) is 5.02 Å². The molecular weight excluding hydrogens is 208 g/mol. The Hall–Kier alpha value is -1.12. The standard InChI is InChI=1S/C12H13ClN2/c1-7-3-4-10(13)11-8(2)5-9(6-14)15-12(7)11/h3-5H,6,14H2,1-2H3. The second kappa shape index (κ2) is 3.80. The van der Waals surface area contributed by atoms with Crippen LogP contribution in [0.1, 0.15) is 16.8 Å². The summed E-state index contributed by atoms with van der Waals surface area (Å²) < 4.78 is 0. The second-order valence-electron chi connectivity index (χ2n) is 3.72. The Bertz CT molecular complexity index is 521.